The molecule has 3 rings (SSSR count). The van der Waals surface area contributed by atoms with Gasteiger partial charge in [0, 0.05) is 44.1 Å². The molecule has 1 aliphatic rings. The molecule has 0 aliphatic carbocycles. The number of benzene rings is 2. The fourth-order valence-corrected chi connectivity index (χ4v) is 3.25. The molecule has 2 aromatic rings. The second-order valence-electron chi connectivity index (χ2n) is 7.50. The first-order chi connectivity index (χ1) is 14.4. The number of likely N-dealkylation sites (N-methyl/N-ethyl adjacent to an activating group) is 1. The molecule has 30 heavy (non-hydrogen) atoms. The van der Waals surface area contributed by atoms with Crippen LogP contribution in [-0.4, -0.2) is 56.6 Å². The van der Waals surface area contributed by atoms with Gasteiger partial charge in [-0.1, -0.05) is 12.1 Å². The van der Waals surface area contributed by atoms with Crippen LogP contribution in [0.1, 0.15) is 11.1 Å². The van der Waals surface area contributed by atoms with Crippen LogP contribution in [0.2, 0.25) is 0 Å². The summed E-state index contributed by atoms with van der Waals surface area (Å²) in [4.78, 5) is 28.7. The van der Waals surface area contributed by atoms with Crippen molar-refractivity contribution >= 4 is 23.3 Å². The Hall–Kier alpha value is -3.13. The van der Waals surface area contributed by atoms with Crippen LogP contribution in [0.3, 0.4) is 0 Å². The lowest BCUT2D eigenvalue weighted by Gasteiger charge is -2.34. The van der Waals surface area contributed by atoms with Crippen molar-refractivity contribution in [3.05, 3.63) is 59.4 Å². The molecule has 8 heteroatoms. The van der Waals surface area contributed by atoms with Crippen molar-refractivity contribution in [1.82, 2.24) is 15.5 Å². The van der Waals surface area contributed by atoms with Crippen LogP contribution in [0.25, 0.3) is 0 Å². The van der Waals surface area contributed by atoms with Crippen molar-refractivity contribution in [1.29, 1.82) is 0 Å². The number of nitrogens with one attached hydrogen (secondary N) is 3. The Balaban J connectivity index is 1.43. The average molecular weight is 413 g/mol. The third-order valence-electron chi connectivity index (χ3n) is 5.13. The molecule has 3 N–H and O–H groups in total. The lowest BCUT2D eigenvalue weighted by atomic mass is 10.1. The van der Waals surface area contributed by atoms with Gasteiger partial charge in [-0.25, -0.2) is 9.18 Å². The first-order valence-electron chi connectivity index (χ1n) is 10.0. The maximum absolute atomic E-state index is 12.9. The van der Waals surface area contributed by atoms with Gasteiger partial charge >= 0.3 is 6.03 Å². The summed E-state index contributed by atoms with van der Waals surface area (Å²) in [5, 5.41) is 7.99. The Bertz CT molecular complexity index is 880. The van der Waals surface area contributed by atoms with Gasteiger partial charge in [0.15, 0.2) is 0 Å². The molecule has 0 spiro atoms. The molecule has 2 aromatic carbocycles. The summed E-state index contributed by atoms with van der Waals surface area (Å²) < 4.78 is 12.9. The molecule has 0 unspecified atom stereocenters. The van der Waals surface area contributed by atoms with E-state index in [1.807, 2.05) is 19.1 Å². The average Bonchev–Trinajstić information content (AvgIpc) is 2.74. The number of aryl methyl sites for hydroxylation is 1. The highest BCUT2D eigenvalue weighted by atomic mass is 19.1. The Labute approximate surface area is 176 Å². The predicted molar refractivity (Wildman–Crippen MR) is 116 cm³/mol. The first kappa shape index (κ1) is 21.6. The van der Waals surface area contributed by atoms with E-state index in [0.717, 1.165) is 48.7 Å². The van der Waals surface area contributed by atoms with Gasteiger partial charge in [0.1, 0.15) is 5.82 Å². The van der Waals surface area contributed by atoms with E-state index in [-0.39, 0.29) is 24.8 Å². The Morgan fingerprint density at radius 2 is 1.70 bits per heavy atom. The Morgan fingerprint density at radius 1 is 1.00 bits per heavy atom. The molecular weight excluding hydrogens is 385 g/mol. The molecule has 1 heterocycles. The zero-order chi connectivity index (χ0) is 21.5. The highest BCUT2D eigenvalue weighted by molar-refractivity contribution is 5.95. The Morgan fingerprint density at radius 3 is 2.37 bits per heavy atom. The van der Waals surface area contributed by atoms with Gasteiger partial charge in [-0.15, -0.1) is 0 Å². The van der Waals surface area contributed by atoms with Crippen molar-refractivity contribution in [3.63, 3.8) is 0 Å². The molecule has 0 atom stereocenters. The van der Waals surface area contributed by atoms with Crippen molar-refractivity contribution in [3.8, 4) is 0 Å². The number of amides is 3. The van der Waals surface area contributed by atoms with Gasteiger partial charge in [-0.2, -0.15) is 0 Å². The second kappa shape index (κ2) is 10.1. The van der Waals surface area contributed by atoms with Crippen molar-refractivity contribution in [2.75, 3.05) is 50.0 Å². The summed E-state index contributed by atoms with van der Waals surface area (Å²) >= 11 is 0. The number of carbonyl (C=O) groups is 2. The van der Waals surface area contributed by atoms with Crippen LogP contribution in [0.5, 0.6) is 0 Å². The normalized spacial score (nSPS) is 14.3. The minimum Gasteiger partial charge on any atom is -0.369 e. The van der Waals surface area contributed by atoms with Crippen LogP contribution < -0.4 is 20.9 Å². The molecule has 160 valence electrons. The predicted octanol–water partition coefficient (Wildman–Crippen LogP) is 2.32. The fraction of sp³-hybridized carbons (Fsp3) is 0.364. The zero-order valence-corrected chi connectivity index (χ0v) is 17.4. The second-order valence-corrected chi connectivity index (χ2v) is 7.50. The topological polar surface area (TPSA) is 76.7 Å². The molecule has 1 fully saturated rings. The molecule has 1 aliphatic heterocycles. The van der Waals surface area contributed by atoms with Crippen LogP contribution >= 0.6 is 0 Å². The van der Waals surface area contributed by atoms with E-state index in [9.17, 15) is 14.0 Å². The van der Waals surface area contributed by atoms with Crippen molar-refractivity contribution in [2.24, 2.45) is 0 Å². The SMILES string of the molecule is Cc1cc(N2CCN(C)CC2)ccc1NC(=O)CNC(=O)NCc1ccc(F)cc1. The van der Waals surface area contributed by atoms with Crippen LogP contribution in [-0.2, 0) is 11.3 Å². The number of anilines is 2. The highest BCUT2D eigenvalue weighted by Crippen LogP contribution is 2.23. The molecule has 0 radical (unpaired) electrons. The lowest BCUT2D eigenvalue weighted by Crippen LogP contribution is -2.44. The molecule has 7 nitrogen and oxygen atoms in total. The number of urea groups is 1. The number of rotatable bonds is 6. The minimum absolute atomic E-state index is 0.144. The van der Waals surface area contributed by atoms with Gasteiger partial charge in [-0.05, 0) is 55.4 Å². The van der Waals surface area contributed by atoms with E-state index in [1.165, 1.54) is 12.1 Å². The van der Waals surface area contributed by atoms with E-state index in [1.54, 1.807) is 12.1 Å². The molecular formula is C22H28FN5O2. The molecule has 1 saturated heterocycles. The summed E-state index contributed by atoms with van der Waals surface area (Å²) in [7, 11) is 2.12. The van der Waals surface area contributed by atoms with Crippen molar-refractivity contribution in [2.45, 2.75) is 13.5 Å². The zero-order valence-electron chi connectivity index (χ0n) is 17.4. The fourth-order valence-electron chi connectivity index (χ4n) is 3.25. The molecule has 0 saturated carbocycles. The quantitative estimate of drug-likeness (QED) is 0.679. The van der Waals surface area contributed by atoms with Crippen LogP contribution in [0.15, 0.2) is 42.5 Å². The van der Waals surface area contributed by atoms with Crippen LogP contribution in [0.4, 0.5) is 20.6 Å². The van der Waals surface area contributed by atoms with E-state index >= 15 is 0 Å². The van der Waals surface area contributed by atoms with Crippen LogP contribution in [0, 0.1) is 12.7 Å². The van der Waals surface area contributed by atoms with Gasteiger partial charge in [0.25, 0.3) is 0 Å². The van der Waals surface area contributed by atoms with E-state index in [2.05, 4.69) is 38.9 Å². The maximum atomic E-state index is 12.9. The van der Waals surface area contributed by atoms with E-state index in [4.69, 9.17) is 0 Å². The third-order valence-corrected chi connectivity index (χ3v) is 5.13. The highest BCUT2D eigenvalue weighted by Gasteiger charge is 2.15. The number of hydrogen-bond donors (Lipinski definition) is 3. The number of halogens is 1. The smallest absolute Gasteiger partial charge is 0.315 e. The molecule has 0 bridgehead atoms. The summed E-state index contributed by atoms with van der Waals surface area (Å²) in [5.74, 6) is -0.630. The summed E-state index contributed by atoms with van der Waals surface area (Å²) in [6.07, 6.45) is 0. The maximum Gasteiger partial charge on any atom is 0.315 e. The minimum atomic E-state index is -0.461. The molecule has 0 aromatic heterocycles. The van der Waals surface area contributed by atoms with Gasteiger partial charge in [-0.3, -0.25) is 4.79 Å². The monoisotopic (exact) mass is 413 g/mol. The number of nitrogens with zero attached hydrogens (tertiary/aromatic N) is 2. The number of hydrogen-bond acceptors (Lipinski definition) is 4. The summed E-state index contributed by atoms with van der Waals surface area (Å²) in [6, 6.07) is 11.4. The lowest BCUT2D eigenvalue weighted by molar-refractivity contribution is -0.115. The Kier molecular flexibility index (Phi) is 7.24. The standard InChI is InChI=1S/C22H28FN5O2/c1-16-13-19(28-11-9-27(2)10-12-28)7-8-20(16)26-21(29)15-25-22(30)24-14-17-3-5-18(23)6-4-17/h3-8,13H,9-12,14-15H2,1-2H3,(H,26,29)(H2,24,25,30). The van der Waals surface area contributed by atoms with Gasteiger partial charge < -0.3 is 25.8 Å². The number of carbonyl (C=O) groups excluding carboxylic acids is 2. The summed E-state index contributed by atoms with van der Waals surface area (Å²) in [6.45, 7) is 6.10. The largest absolute Gasteiger partial charge is 0.369 e. The summed E-state index contributed by atoms with van der Waals surface area (Å²) in [5.41, 5.74) is 3.62. The van der Waals surface area contributed by atoms with Crippen molar-refractivity contribution < 1.29 is 14.0 Å². The first-order valence-corrected chi connectivity index (χ1v) is 10.0. The number of piperazine rings is 1. The van der Waals surface area contributed by atoms with E-state index < -0.39 is 6.03 Å². The molecule has 3 amide bonds. The third kappa shape index (κ3) is 6.18. The van der Waals surface area contributed by atoms with E-state index in [0.29, 0.717) is 0 Å². The van der Waals surface area contributed by atoms with Gasteiger partial charge in [0.05, 0.1) is 6.54 Å². The van der Waals surface area contributed by atoms with Gasteiger partial charge in [0.2, 0.25) is 5.91 Å².